The number of benzene rings is 1. The summed E-state index contributed by atoms with van der Waals surface area (Å²) in [4.78, 5) is 11.9. The van der Waals surface area contributed by atoms with Crippen LogP contribution in [-0.2, 0) is 6.42 Å². The molecule has 3 nitrogen and oxygen atoms in total. The van der Waals surface area contributed by atoms with Gasteiger partial charge in [0, 0.05) is 30.4 Å². The molecular formula is C19H14ClN3. The molecule has 112 valence electrons. The molecule has 0 unspecified atom stereocenters. The van der Waals surface area contributed by atoms with Gasteiger partial charge in [-0.25, -0.2) is 9.97 Å². The van der Waals surface area contributed by atoms with Gasteiger partial charge in [-0.3, -0.25) is 0 Å². The van der Waals surface area contributed by atoms with Crippen LogP contribution in [-0.4, -0.2) is 15.0 Å². The molecule has 1 aromatic carbocycles. The van der Waals surface area contributed by atoms with E-state index in [1.54, 1.807) is 0 Å². The Kier molecular flexibility index (Phi) is 3.56. The van der Waals surface area contributed by atoms with E-state index in [4.69, 9.17) is 11.6 Å². The molecule has 0 bridgehead atoms. The van der Waals surface area contributed by atoms with Gasteiger partial charge in [0.25, 0.3) is 0 Å². The van der Waals surface area contributed by atoms with E-state index in [-0.39, 0.29) is 0 Å². The van der Waals surface area contributed by atoms with Crippen molar-refractivity contribution in [3.8, 4) is 11.1 Å². The average Bonchev–Trinajstić information content (AvgIpc) is 3.01. The van der Waals surface area contributed by atoms with E-state index in [1.165, 1.54) is 16.7 Å². The Morgan fingerprint density at radius 1 is 0.957 bits per heavy atom. The van der Waals surface area contributed by atoms with Crippen molar-refractivity contribution < 1.29 is 0 Å². The molecule has 0 saturated carbocycles. The van der Waals surface area contributed by atoms with E-state index in [9.17, 15) is 0 Å². The Bertz CT molecular complexity index is 943. The molecule has 4 heteroatoms. The van der Waals surface area contributed by atoms with E-state index in [2.05, 4.69) is 45.3 Å². The van der Waals surface area contributed by atoms with Crippen LogP contribution < -0.4 is 0 Å². The van der Waals surface area contributed by atoms with E-state index in [0.29, 0.717) is 5.15 Å². The Labute approximate surface area is 139 Å². The highest BCUT2D eigenvalue weighted by Gasteiger charge is 2.11. The van der Waals surface area contributed by atoms with Crippen molar-refractivity contribution in [3.63, 3.8) is 0 Å². The van der Waals surface area contributed by atoms with Crippen LogP contribution >= 0.6 is 11.6 Å². The lowest BCUT2D eigenvalue weighted by Crippen LogP contribution is -1.90. The minimum Gasteiger partial charge on any atom is -0.346 e. The number of H-pyrrole nitrogens is 1. The fourth-order valence-corrected chi connectivity index (χ4v) is 2.96. The molecule has 0 atom stereocenters. The number of rotatable bonds is 3. The van der Waals surface area contributed by atoms with Crippen LogP contribution in [0, 0.1) is 0 Å². The first kappa shape index (κ1) is 14.0. The van der Waals surface area contributed by atoms with Crippen LogP contribution in [0.1, 0.15) is 11.1 Å². The summed E-state index contributed by atoms with van der Waals surface area (Å²) in [6.45, 7) is 0. The van der Waals surface area contributed by atoms with Crippen LogP contribution in [0.2, 0.25) is 5.15 Å². The van der Waals surface area contributed by atoms with Gasteiger partial charge in [-0.05, 0) is 34.4 Å². The van der Waals surface area contributed by atoms with Crippen LogP contribution in [0.5, 0.6) is 0 Å². The zero-order valence-corrected chi connectivity index (χ0v) is 13.1. The molecule has 23 heavy (non-hydrogen) atoms. The first-order valence-electron chi connectivity index (χ1n) is 7.42. The first-order valence-corrected chi connectivity index (χ1v) is 7.80. The smallest absolute Gasteiger partial charge is 0.138 e. The summed E-state index contributed by atoms with van der Waals surface area (Å²) >= 11 is 5.87. The Hall–Kier alpha value is -2.65. The Balaban J connectivity index is 1.83. The van der Waals surface area contributed by atoms with E-state index >= 15 is 0 Å². The highest BCUT2D eigenvalue weighted by atomic mass is 35.5. The summed E-state index contributed by atoms with van der Waals surface area (Å²) < 4.78 is 0. The number of hydrogen-bond donors (Lipinski definition) is 1. The molecule has 1 N–H and O–H groups in total. The molecular weight excluding hydrogens is 306 g/mol. The highest BCUT2D eigenvalue weighted by molar-refractivity contribution is 6.29. The van der Waals surface area contributed by atoms with Crippen molar-refractivity contribution in [1.29, 1.82) is 0 Å². The first-order chi connectivity index (χ1) is 11.3. The van der Waals surface area contributed by atoms with E-state index in [1.807, 2.05) is 36.8 Å². The van der Waals surface area contributed by atoms with Crippen LogP contribution in [0.4, 0.5) is 0 Å². The third kappa shape index (κ3) is 2.71. The summed E-state index contributed by atoms with van der Waals surface area (Å²) in [6.07, 6.45) is 6.48. The number of aromatic nitrogens is 3. The molecule has 0 fully saturated rings. The van der Waals surface area contributed by atoms with Gasteiger partial charge in [0.2, 0.25) is 0 Å². The van der Waals surface area contributed by atoms with Crippen molar-refractivity contribution in [1.82, 2.24) is 15.0 Å². The third-order valence-electron chi connectivity index (χ3n) is 3.92. The van der Waals surface area contributed by atoms with Gasteiger partial charge >= 0.3 is 0 Å². The van der Waals surface area contributed by atoms with Crippen LogP contribution in [0.15, 0.2) is 67.1 Å². The molecule has 0 radical (unpaired) electrons. The molecule has 0 amide bonds. The second-order valence-corrected chi connectivity index (χ2v) is 5.82. The molecule has 0 saturated heterocycles. The third-order valence-corrected chi connectivity index (χ3v) is 4.15. The summed E-state index contributed by atoms with van der Waals surface area (Å²) in [7, 11) is 0. The fraction of sp³-hybridized carbons (Fsp3) is 0.0526. The van der Waals surface area contributed by atoms with Gasteiger partial charge in [0.1, 0.15) is 10.8 Å². The maximum absolute atomic E-state index is 5.87. The van der Waals surface area contributed by atoms with Gasteiger partial charge < -0.3 is 4.98 Å². The number of aromatic amines is 1. The quantitative estimate of drug-likeness (QED) is 0.547. The summed E-state index contributed by atoms with van der Waals surface area (Å²) in [5, 5.41) is 1.67. The SMILES string of the molecule is Clc1ccc(Cc2c[nH]c3nccc(-c4ccccc4)c23)cn1. The second-order valence-electron chi connectivity index (χ2n) is 5.43. The predicted octanol–water partition coefficient (Wildman–Crippen LogP) is 4.87. The number of nitrogens with zero attached hydrogens (tertiary/aromatic N) is 2. The van der Waals surface area contributed by atoms with Crippen molar-refractivity contribution in [2.45, 2.75) is 6.42 Å². The number of pyridine rings is 2. The minimum atomic E-state index is 0.513. The average molecular weight is 320 g/mol. The summed E-state index contributed by atoms with van der Waals surface area (Å²) in [5.74, 6) is 0. The van der Waals surface area contributed by atoms with Gasteiger partial charge in [-0.1, -0.05) is 48.0 Å². The predicted molar refractivity (Wildman–Crippen MR) is 93.6 cm³/mol. The summed E-state index contributed by atoms with van der Waals surface area (Å²) in [5.41, 5.74) is 5.61. The Morgan fingerprint density at radius 2 is 1.83 bits per heavy atom. The van der Waals surface area contributed by atoms with E-state index in [0.717, 1.165) is 23.0 Å². The fourth-order valence-electron chi connectivity index (χ4n) is 2.85. The number of hydrogen-bond acceptors (Lipinski definition) is 2. The topological polar surface area (TPSA) is 41.6 Å². The maximum Gasteiger partial charge on any atom is 0.138 e. The normalized spacial score (nSPS) is 11.0. The second kappa shape index (κ2) is 5.86. The van der Waals surface area contributed by atoms with E-state index < -0.39 is 0 Å². The zero-order valence-electron chi connectivity index (χ0n) is 12.3. The molecule has 4 rings (SSSR count). The largest absolute Gasteiger partial charge is 0.346 e. The standard InChI is InChI=1S/C19H14ClN3/c20-17-7-6-13(11-22-17)10-15-12-23-19-18(15)16(8-9-21-19)14-4-2-1-3-5-14/h1-9,11-12H,10H2,(H,21,23). The van der Waals surface area contributed by atoms with Crippen molar-refractivity contribution in [3.05, 3.63) is 83.4 Å². The molecule has 0 spiro atoms. The minimum absolute atomic E-state index is 0.513. The highest BCUT2D eigenvalue weighted by Crippen LogP contribution is 2.31. The molecule has 0 aliphatic rings. The maximum atomic E-state index is 5.87. The van der Waals surface area contributed by atoms with Gasteiger partial charge in [0.05, 0.1) is 0 Å². The molecule has 4 aromatic rings. The number of nitrogens with one attached hydrogen (secondary N) is 1. The Morgan fingerprint density at radius 3 is 2.61 bits per heavy atom. The van der Waals surface area contributed by atoms with Crippen molar-refractivity contribution in [2.24, 2.45) is 0 Å². The van der Waals surface area contributed by atoms with Gasteiger partial charge in [0.15, 0.2) is 0 Å². The van der Waals surface area contributed by atoms with Gasteiger partial charge in [-0.2, -0.15) is 0 Å². The molecule has 0 aliphatic carbocycles. The molecule has 3 aromatic heterocycles. The number of fused-ring (bicyclic) bond motifs is 1. The monoisotopic (exact) mass is 319 g/mol. The van der Waals surface area contributed by atoms with Crippen LogP contribution in [0.3, 0.4) is 0 Å². The lowest BCUT2D eigenvalue weighted by molar-refractivity contribution is 1.15. The number of halogens is 1. The zero-order chi connectivity index (χ0) is 15.6. The van der Waals surface area contributed by atoms with Crippen LogP contribution in [0.25, 0.3) is 22.2 Å². The lowest BCUT2D eigenvalue weighted by Gasteiger charge is -2.06. The van der Waals surface area contributed by atoms with Crippen molar-refractivity contribution >= 4 is 22.6 Å². The molecule has 0 aliphatic heterocycles. The summed E-state index contributed by atoms with van der Waals surface area (Å²) in [6, 6.07) is 16.3. The van der Waals surface area contributed by atoms with Gasteiger partial charge in [-0.15, -0.1) is 0 Å². The lowest BCUT2D eigenvalue weighted by atomic mass is 9.99. The van der Waals surface area contributed by atoms with Crippen molar-refractivity contribution in [2.75, 3.05) is 0 Å². The molecule has 3 heterocycles.